The van der Waals surface area contributed by atoms with Crippen molar-refractivity contribution in [1.82, 2.24) is 20.6 Å². The third-order valence-corrected chi connectivity index (χ3v) is 3.33. The zero-order valence-corrected chi connectivity index (χ0v) is 8.60. The van der Waals surface area contributed by atoms with Gasteiger partial charge in [0.2, 0.25) is 0 Å². The van der Waals surface area contributed by atoms with Gasteiger partial charge in [-0.2, -0.15) is 5.21 Å². The molecule has 0 amide bonds. The summed E-state index contributed by atoms with van der Waals surface area (Å²) in [4.78, 5) is 11.0. The molecule has 1 aliphatic carbocycles. The second-order valence-corrected chi connectivity index (χ2v) is 4.41. The quantitative estimate of drug-likeness (QED) is 0.758. The summed E-state index contributed by atoms with van der Waals surface area (Å²) in [6, 6.07) is 0. The fourth-order valence-corrected chi connectivity index (χ4v) is 2.07. The van der Waals surface area contributed by atoms with E-state index in [1.165, 1.54) is 0 Å². The van der Waals surface area contributed by atoms with Crippen LogP contribution in [0.5, 0.6) is 0 Å². The van der Waals surface area contributed by atoms with Crippen LogP contribution >= 0.6 is 0 Å². The molecule has 1 heterocycles. The van der Waals surface area contributed by atoms with Gasteiger partial charge in [0, 0.05) is 5.92 Å². The lowest BCUT2D eigenvalue weighted by Crippen LogP contribution is -2.32. The highest BCUT2D eigenvalue weighted by atomic mass is 16.4. The summed E-state index contributed by atoms with van der Waals surface area (Å²) in [7, 11) is 0. The predicted molar refractivity (Wildman–Crippen MR) is 51.1 cm³/mol. The van der Waals surface area contributed by atoms with Crippen molar-refractivity contribution in [3.05, 3.63) is 5.82 Å². The lowest BCUT2D eigenvalue weighted by molar-refractivity contribution is -0.150. The molecular weight excluding hydrogens is 196 g/mol. The summed E-state index contributed by atoms with van der Waals surface area (Å²) in [5, 5.41) is 22.9. The number of nitrogens with zero attached hydrogens (tertiary/aromatic N) is 3. The Kier molecular flexibility index (Phi) is 2.42. The van der Waals surface area contributed by atoms with Gasteiger partial charge in [-0.05, 0) is 32.6 Å². The van der Waals surface area contributed by atoms with E-state index in [4.69, 9.17) is 5.11 Å². The number of carboxylic acid groups (broad SMARTS) is 1. The van der Waals surface area contributed by atoms with E-state index in [-0.39, 0.29) is 5.92 Å². The van der Waals surface area contributed by atoms with Crippen LogP contribution in [-0.4, -0.2) is 31.7 Å². The highest BCUT2D eigenvalue weighted by molar-refractivity contribution is 5.74. The molecule has 6 nitrogen and oxygen atoms in total. The SMILES string of the molecule is CC1(C(=O)O)CCC(c2nn[nH]n2)CC1. The van der Waals surface area contributed by atoms with E-state index >= 15 is 0 Å². The zero-order chi connectivity index (χ0) is 10.9. The molecule has 0 atom stereocenters. The van der Waals surface area contributed by atoms with Crippen LogP contribution in [-0.2, 0) is 4.79 Å². The fourth-order valence-electron chi connectivity index (χ4n) is 2.07. The minimum atomic E-state index is -0.700. The Morgan fingerprint density at radius 1 is 1.53 bits per heavy atom. The highest BCUT2D eigenvalue weighted by Gasteiger charge is 2.38. The number of tetrazole rings is 1. The van der Waals surface area contributed by atoms with Gasteiger partial charge in [-0.25, -0.2) is 0 Å². The maximum Gasteiger partial charge on any atom is 0.309 e. The van der Waals surface area contributed by atoms with Crippen LogP contribution in [0.4, 0.5) is 0 Å². The van der Waals surface area contributed by atoms with Crippen molar-refractivity contribution >= 4 is 5.97 Å². The Hall–Kier alpha value is -1.46. The molecule has 82 valence electrons. The number of aromatic nitrogens is 4. The molecule has 0 bridgehead atoms. The van der Waals surface area contributed by atoms with Gasteiger partial charge in [-0.3, -0.25) is 4.79 Å². The molecule has 0 unspecified atom stereocenters. The molecule has 0 radical (unpaired) electrons. The molecule has 2 N–H and O–H groups in total. The van der Waals surface area contributed by atoms with Crippen molar-refractivity contribution in [2.75, 3.05) is 0 Å². The molecule has 0 aromatic carbocycles. The maximum atomic E-state index is 11.0. The van der Waals surface area contributed by atoms with Gasteiger partial charge in [0.05, 0.1) is 5.41 Å². The number of H-pyrrole nitrogens is 1. The second-order valence-electron chi connectivity index (χ2n) is 4.41. The summed E-state index contributed by atoms with van der Waals surface area (Å²) in [6.45, 7) is 1.81. The van der Waals surface area contributed by atoms with Crippen LogP contribution in [0.25, 0.3) is 0 Å². The summed E-state index contributed by atoms with van der Waals surface area (Å²) < 4.78 is 0. The first-order valence-electron chi connectivity index (χ1n) is 5.08. The topological polar surface area (TPSA) is 91.8 Å². The number of rotatable bonds is 2. The van der Waals surface area contributed by atoms with Crippen molar-refractivity contribution in [2.24, 2.45) is 5.41 Å². The third kappa shape index (κ3) is 1.84. The van der Waals surface area contributed by atoms with E-state index in [9.17, 15) is 4.79 Å². The summed E-state index contributed by atoms with van der Waals surface area (Å²) >= 11 is 0. The Morgan fingerprint density at radius 3 is 2.67 bits per heavy atom. The molecule has 15 heavy (non-hydrogen) atoms. The van der Waals surface area contributed by atoms with Crippen molar-refractivity contribution in [3.8, 4) is 0 Å². The van der Waals surface area contributed by atoms with Gasteiger partial charge in [-0.1, -0.05) is 5.21 Å². The molecule has 2 rings (SSSR count). The van der Waals surface area contributed by atoms with Crippen LogP contribution in [0, 0.1) is 5.41 Å². The number of carbonyl (C=O) groups is 1. The minimum Gasteiger partial charge on any atom is -0.481 e. The molecule has 0 saturated heterocycles. The van der Waals surface area contributed by atoms with E-state index < -0.39 is 11.4 Å². The normalized spacial score (nSPS) is 31.4. The van der Waals surface area contributed by atoms with Gasteiger partial charge < -0.3 is 5.11 Å². The van der Waals surface area contributed by atoms with Crippen molar-refractivity contribution < 1.29 is 9.90 Å². The monoisotopic (exact) mass is 210 g/mol. The van der Waals surface area contributed by atoms with E-state index in [2.05, 4.69) is 20.6 Å². The van der Waals surface area contributed by atoms with Crippen LogP contribution in [0.3, 0.4) is 0 Å². The Morgan fingerprint density at radius 2 is 2.20 bits per heavy atom. The van der Waals surface area contributed by atoms with Gasteiger partial charge >= 0.3 is 5.97 Å². The molecular formula is C9H14N4O2. The van der Waals surface area contributed by atoms with Gasteiger partial charge in [0.15, 0.2) is 5.82 Å². The van der Waals surface area contributed by atoms with Gasteiger partial charge in [0.25, 0.3) is 0 Å². The number of nitrogens with one attached hydrogen (secondary N) is 1. The molecule has 1 fully saturated rings. The summed E-state index contributed by atoms with van der Waals surface area (Å²) in [6.07, 6.45) is 3.01. The Bertz CT molecular complexity index is 341. The lowest BCUT2D eigenvalue weighted by atomic mass is 9.71. The summed E-state index contributed by atoms with van der Waals surface area (Å²) in [5.74, 6) is 0.271. The van der Waals surface area contributed by atoms with Gasteiger partial charge in [0.1, 0.15) is 0 Å². The molecule has 1 aliphatic rings. The average molecular weight is 210 g/mol. The van der Waals surface area contributed by atoms with Crippen LogP contribution in [0.2, 0.25) is 0 Å². The van der Waals surface area contributed by atoms with E-state index in [1.54, 1.807) is 0 Å². The molecule has 0 aliphatic heterocycles. The van der Waals surface area contributed by atoms with Crippen molar-refractivity contribution in [1.29, 1.82) is 0 Å². The Balaban J connectivity index is 2.01. The first-order chi connectivity index (χ1) is 7.12. The van der Waals surface area contributed by atoms with E-state index in [0.29, 0.717) is 18.7 Å². The second kappa shape index (κ2) is 3.60. The van der Waals surface area contributed by atoms with Gasteiger partial charge in [-0.15, -0.1) is 10.2 Å². The molecule has 1 saturated carbocycles. The predicted octanol–water partition coefficient (Wildman–Crippen LogP) is 0.948. The lowest BCUT2D eigenvalue weighted by Gasteiger charge is -2.32. The third-order valence-electron chi connectivity index (χ3n) is 3.33. The average Bonchev–Trinajstić information content (AvgIpc) is 2.72. The van der Waals surface area contributed by atoms with Crippen LogP contribution in [0.15, 0.2) is 0 Å². The summed E-state index contributed by atoms with van der Waals surface area (Å²) in [5.41, 5.74) is -0.569. The smallest absolute Gasteiger partial charge is 0.309 e. The minimum absolute atomic E-state index is 0.260. The van der Waals surface area contributed by atoms with E-state index in [0.717, 1.165) is 12.8 Å². The molecule has 0 spiro atoms. The van der Waals surface area contributed by atoms with Crippen molar-refractivity contribution in [2.45, 2.75) is 38.5 Å². The van der Waals surface area contributed by atoms with Crippen molar-refractivity contribution in [3.63, 3.8) is 0 Å². The maximum absolute atomic E-state index is 11.0. The molecule has 6 heteroatoms. The zero-order valence-electron chi connectivity index (χ0n) is 8.60. The number of aromatic amines is 1. The first-order valence-corrected chi connectivity index (χ1v) is 5.08. The number of hydrogen-bond acceptors (Lipinski definition) is 4. The molecule has 1 aromatic rings. The molecule has 1 aromatic heterocycles. The fraction of sp³-hybridized carbons (Fsp3) is 0.778. The Labute approximate surface area is 87.1 Å². The highest BCUT2D eigenvalue weighted by Crippen LogP contribution is 2.41. The number of hydrogen-bond donors (Lipinski definition) is 2. The number of aliphatic carboxylic acids is 1. The van der Waals surface area contributed by atoms with E-state index in [1.807, 2.05) is 6.92 Å². The van der Waals surface area contributed by atoms with Crippen LogP contribution in [0.1, 0.15) is 44.3 Å². The first kappa shape index (κ1) is 10.1. The number of carboxylic acids is 1. The largest absolute Gasteiger partial charge is 0.481 e. The van der Waals surface area contributed by atoms with Crippen LogP contribution < -0.4 is 0 Å². The standard InChI is InChI=1S/C9H14N4O2/c1-9(8(14)15)4-2-6(3-5-9)7-10-12-13-11-7/h6H,2-5H2,1H3,(H,14,15)(H,10,11,12,13).